The van der Waals surface area contributed by atoms with E-state index < -0.39 is 0 Å². The van der Waals surface area contributed by atoms with E-state index in [-0.39, 0.29) is 0 Å². The monoisotopic (exact) mass is 1730 g/mol. The normalized spacial score (nSPS) is 11.8. The number of hydrogen-bond acceptors (Lipinski definition) is 4. The summed E-state index contributed by atoms with van der Waals surface area (Å²) in [5.41, 5.74) is 33.2. The molecule has 0 aliphatic rings. The summed E-state index contributed by atoms with van der Waals surface area (Å²) in [7, 11) is 0. The summed E-state index contributed by atoms with van der Waals surface area (Å²) in [6.45, 7) is 0. The number of fused-ring (bicyclic) bond motifs is 20. The fraction of sp³-hybridized carbons (Fsp3) is 0. The predicted molar refractivity (Wildman–Crippen MR) is 571 cm³/mol. The van der Waals surface area contributed by atoms with Gasteiger partial charge in [-0.25, -0.2) is 0 Å². The zero-order valence-electron chi connectivity index (χ0n) is 73.8. The number of hydrogen-bond donors (Lipinski definition) is 0. The van der Waals surface area contributed by atoms with Gasteiger partial charge in [-0.2, -0.15) is 0 Å². The fourth-order valence-corrected chi connectivity index (χ4v) is 21.7. The standard InChI is InChI=1S/2C64H41N3O/c1-2-15-45(16-3-1)66-57-25-10-6-21-53(57)54-38-33-44(41-62(54)66)42-29-34-46(35-30-42)65(47-36-31-43(32-37-47)48-23-14-24-56-55-22-9-13-28-63(55)68-64(48)56)60-39-40-61(52-18-5-4-17-51(52)60)67-58-26-11-7-19-49(58)50-20-8-12-27-59(50)67;1-2-15-44(16-3-1)67-60-27-12-8-21-54(60)55-38-31-43(41-62(55)67)48-39-40-61(51-18-5-4-17-50(48)51)65(45-32-29-42(30-33-45)49-23-14-24-57-56-22-9-13-28-63(56)68-64(49)57)46-34-36-47(37-35-46)66-58-25-10-6-19-52(58)53-20-7-11-26-59(53)66/h2*1-41H. The maximum absolute atomic E-state index is 6.50. The van der Waals surface area contributed by atoms with E-state index in [1.807, 2.05) is 24.3 Å². The van der Waals surface area contributed by atoms with Crippen LogP contribution in [-0.4, -0.2) is 18.3 Å². The second-order valence-corrected chi connectivity index (χ2v) is 35.3. The largest absolute Gasteiger partial charge is 0.455 e. The summed E-state index contributed by atoms with van der Waals surface area (Å²) in [5.74, 6) is 0. The molecule has 0 bridgehead atoms. The number of furan rings is 2. The summed E-state index contributed by atoms with van der Waals surface area (Å²) in [4.78, 5) is 4.81. The van der Waals surface area contributed by atoms with E-state index in [1.54, 1.807) is 0 Å². The molecule has 8 nitrogen and oxygen atoms in total. The van der Waals surface area contributed by atoms with Gasteiger partial charge in [0.05, 0.1) is 61.2 Å². The van der Waals surface area contributed by atoms with Gasteiger partial charge in [-0.1, -0.05) is 334 Å². The van der Waals surface area contributed by atoms with Crippen molar-refractivity contribution in [3.8, 4) is 67.3 Å². The van der Waals surface area contributed by atoms with E-state index in [0.29, 0.717) is 0 Å². The summed E-state index contributed by atoms with van der Waals surface area (Å²) in [5, 5.41) is 19.2. The van der Waals surface area contributed by atoms with Gasteiger partial charge in [0.2, 0.25) is 0 Å². The summed E-state index contributed by atoms with van der Waals surface area (Å²) in [6.07, 6.45) is 0. The predicted octanol–water partition coefficient (Wildman–Crippen LogP) is 35.5. The van der Waals surface area contributed by atoms with Crippen molar-refractivity contribution in [1.29, 1.82) is 0 Å². The van der Waals surface area contributed by atoms with Crippen molar-refractivity contribution in [1.82, 2.24) is 18.3 Å². The Labute approximate surface area is 783 Å². The Kier molecular flexibility index (Phi) is 18.2. The third-order valence-electron chi connectivity index (χ3n) is 27.9. The molecule has 28 aromatic rings. The van der Waals surface area contributed by atoms with Gasteiger partial charge in [-0.15, -0.1) is 0 Å². The molecule has 0 fully saturated rings. The third-order valence-corrected chi connectivity index (χ3v) is 27.9. The van der Waals surface area contributed by atoms with Crippen molar-refractivity contribution in [3.63, 3.8) is 0 Å². The molecule has 0 amide bonds. The van der Waals surface area contributed by atoms with E-state index in [0.717, 1.165) is 139 Å². The highest BCUT2D eigenvalue weighted by molar-refractivity contribution is 6.18. The molecule has 0 saturated heterocycles. The highest BCUT2D eigenvalue weighted by Gasteiger charge is 2.26. The molecule has 6 aromatic heterocycles. The van der Waals surface area contributed by atoms with E-state index in [2.05, 4.69) is 501 Å². The lowest BCUT2D eigenvalue weighted by molar-refractivity contribution is 0.669. The van der Waals surface area contributed by atoms with Crippen molar-refractivity contribution in [2.75, 3.05) is 9.80 Å². The maximum atomic E-state index is 6.50. The molecule has 0 aliphatic carbocycles. The number of anilines is 6. The van der Waals surface area contributed by atoms with Crippen LogP contribution in [0, 0.1) is 0 Å². The zero-order valence-corrected chi connectivity index (χ0v) is 73.8. The first-order valence-electron chi connectivity index (χ1n) is 46.5. The van der Waals surface area contributed by atoms with Gasteiger partial charge in [-0.05, 0) is 203 Å². The van der Waals surface area contributed by atoms with Crippen LogP contribution in [0.4, 0.5) is 34.1 Å². The molecule has 0 atom stereocenters. The van der Waals surface area contributed by atoms with Crippen LogP contribution in [0.25, 0.3) is 220 Å². The molecule has 8 heteroatoms. The lowest BCUT2D eigenvalue weighted by Gasteiger charge is -2.28. The van der Waals surface area contributed by atoms with Crippen LogP contribution in [0.3, 0.4) is 0 Å². The average molecular weight is 1740 g/mol. The Balaban J connectivity index is 0.000000138. The van der Waals surface area contributed by atoms with Gasteiger partial charge in [-0.3, -0.25) is 0 Å². The highest BCUT2D eigenvalue weighted by atomic mass is 16.3. The molecular formula is C128H82N6O2. The van der Waals surface area contributed by atoms with Gasteiger partial charge in [0, 0.05) is 132 Å². The van der Waals surface area contributed by atoms with Crippen LogP contribution in [0.15, 0.2) is 506 Å². The lowest BCUT2D eigenvalue weighted by atomic mass is 9.95. The first-order chi connectivity index (χ1) is 67.5. The molecule has 0 saturated carbocycles. The van der Waals surface area contributed by atoms with Crippen LogP contribution in [0.1, 0.15) is 0 Å². The maximum Gasteiger partial charge on any atom is 0.143 e. The smallest absolute Gasteiger partial charge is 0.143 e. The molecule has 0 spiro atoms. The molecule has 6 heterocycles. The number of aromatic nitrogens is 4. The summed E-state index contributed by atoms with van der Waals surface area (Å²) in [6, 6.07) is 180. The quantitative estimate of drug-likeness (QED) is 0.109. The van der Waals surface area contributed by atoms with Crippen molar-refractivity contribution >= 4 is 187 Å². The zero-order chi connectivity index (χ0) is 89.4. The molecule has 0 aliphatic heterocycles. The highest BCUT2D eigenvalue weighted by Crippen LogP contribution is 2.50. The van der Waals surface area contributed by atoms with E-state index in [9.17, 15) is 0 Å². The molecule has 0 N–H and O–H groups in total. The lowest BCUT2D eigenvalue weighted by Crippen LogP contribution is -2.11. The topological polar surface area (TPSA) is 52.5 Å². The molecular weight excluding hydrogens is 1650 g/mol. The Morgan fingerprint density at radius 2 is 0.449 bits per heavy atom. The van der Waals surface area contributed by atoms with Crippen molar-refractivity contribution in [2.45, 2.75) is 0 Å². The Morgan fingerprint density at radius 1 is 0.154 bits per heavy atom. The van der Waals surface area contributed by atoms with Crippen molar-refractivity contribution in [3.05, 3.63) is 497 Å². The molecule has 636 valence electrons. The van der Waals surface area contributed by atoms with Gasteiger partial charge < -0.3 is 36.9 Å². The van der Waals surface area contributed by atoms with Crippen LogP contribution < -0.4 is 9.80 Å². The van der Waals surface area contributed by atoms with Crippen LogP contribution >= 0.6 is 0 Å². The molecule has 0 radical (unpaired) electrons. The molecule has 0 unspecified atom stereocenters. The van der Waals surface area contributed by atoms with E-state index in [4.69, 9.17) is 8.83 Å². The summed E-state index contributed by atoms with van der Waals surface area (Å²) < 4.78 is 22.6. The third kappa shape index (κ3) is 12.6. The SMILES string of the molecule is c1ccc(-n2c3ccccc3c3ccc(-c4ccc(N(c5ccc(-c6cccc7c6oc6ccccc67)cc5)c5ccc(-n6c7ccccc7c7ccccc76)c6ccccc56)cc4)cc32)cc1.c1ccc(-n2c3ccccc3c3ccc(-c4ccc(N(c5ccc(-c6cccc7c6oc6ccccc67)cc5)c5ccc(-n6c7ccccc7c7ccccc76)cc5)c5ccccc45)cc32)cc1. The van der Waals surface area contributed by atoms with Crippen molar-refractivity contribution in [2.24, 2.45) is 0 Å². The van der Waals surface area contributed by atoms with Gasteiger partial charge >= 0.3 is 0 Å². The van der Waals surface area contributed by atoms with E-state index in [1.165, 1.54) is 115 Å². The van der Waals surface area contributed by atoms with Crippen LogP contribution in [0.5, 0.6) is 0 Å². The van der Waals surface area contributed by atoms with E-state index >= 15 is 0 Å². The number of para-hydroxylation sites is 12. The first kappa shape index (κ1) is 77.7. The molecule has 22 aromatic carbocycles. The molecule has 136 heavy (non-hydrogen) atoms. The minimum Gasteiger partial charge on any atom is -0.455 e. The van der Waals surface area contributed by atoms with Gasteiger partial charge in [0.25, 0.3) is 0 Å². The van der Waals surface area contributed by atoms with Gasteiger partial charge in [0.15, 0.2) is 0 Å². The minimum atomic E-state index is 0.899. The fourth-order valence-electron chi connectivity index (χ4n) is 21.7. The Morgan fingerprint density at radius 3 is 0.882 bits per heavy atom. The average Bonchev–Trinajstić information content (AvgIpc) is 1.57. The second-order valence-electron chi connectivity index (χ2n) is 35.3. The molecule has 28 rings (SSSR count). The number of nitrogens with zero attached hydrogens (tertiary/aromatic N) is 6. The van der Waals surface area contributed by atoms with Gasteiger partial charge in [0.1, 0.15) is 22.3 Å². The summed E-state index contributed by atoms with van der Waals surface area (Å²) >= 11 is 0. The number of benzene rings is 22. The minimum absolute atomic E-state index is 0.899. The van der Waals surface area contributed by atoms with Crippen LogP contribution in [0.2, 0.25) is 0 Å². The first-order valence-corrected chi connectivity index (χ1v) is 46.5. The Hall–Kier alpha value is -18.2. The Bertz CT molecular complexity index is 9350. The van der Waals surface area contributed by atoms with Crippen molar-refractivity contribution < 1.29 is 8.83 Å². The number of rotatable bonds is 14. The van der Waals surface area contributed by atoms with Crippen LogP contribution in [-0.2, 0) is 0 Å². The second kappa shape index (κ2) is 31.8.